The Hall–Kier alpha value is -2.73. The molecular formula is C15H13ClN4O2. The zero-order chi connectivity index (χ0) is 15.8. The second kappa shape index (κ2) is 7.90. The number of nitrogens with zero attached hydrogens (tertiary/aromatic N) is 2. The van der Waals surface area contributed by atoms with Gasteiger partial charge < -0.3 is 5.32 Å². The monoisotopic (exact) mass is 316 g/mol. The summed E-state index contributed by atoms with van der Waals surface area (Å²) in [6.07, 6.45) is 2.97. The van der Waals surface area contributed by atoms with E-state index in [2.05, 4.69) is 20.8 Å². The van der Waals surface area contributed by atoms with Gasteiger partial charge >= 0.3 is 0 Å². The Morgan fingerprint density at radius 3 is 2.82 bits per heavy atom. The van der Waals surface area contributed by atoms with Crippen LogP contribution in [0.5, 0.6) is 0 Å². The number of carbonyl (C=O) groups excluding carboxylic acids is 2. The topological polar surface area (TPSA) is 83.5 Å². The summed E-state index contributed by atoms with van der Waals surface area (Å²) < 4.78 is 0. The molecule has 0 unspecified atom stereocenters. The molecule has 0 fully saturated rings. The quantitative estimate of drug-likeness (QED) is 0.649. The Morgan fingerprint density at radius 1 is 1.23 bits per heavy atom. The molecule has 0 aliphatic rings. The first kappa shape index (κ1) is 15.7. The van der Waals surface area contributed by atoms with Crippen molar-refractivity contribution < 1.29 is 9.59 Å². The van der Waals surface area contributed by atoms with Gasteiger partial charge in [-0.15, -0.1) is 0 Å². The third-order valence-electron chi connectivity index (χ3n) is 2.56. The van der Waals surface area contributed by atoms with Crippen molar-refractivity contribution in [2.45, 2.75) is 0 Å². The molecule has 1 aromatic carbocycles. The van der Waals surface area contributed by atoms with Crippen molar-refractivity contribution >= 4 is 29.6 Å². The Balaban J connectivity index is 1.77. The summed E-state index contributed by atoms with van der Waals surface area (Å²) in [4.78, 5) is 27.1. The summed E-state index contributed by atoms with van der Waals surface area (Å²) in [5.74, 6) is -0.864. The number of hydrogen-bond donors (Lipinski definition) is 2. The van der Waals surface area contributed by atoms with Crippen molar-refractivity contribution in [3.05, 3.63) is 64.9 Å². The Morgan fingerprint density at radius 2 is 2.09 bits per heavy atom. The molecule has 0 saturated heterocycles. The molecule has 0 aliphatic heterocycles. The smallest absolute Gasteiger partial charge is 0.270 e. The minimum Gasteiger partial charge on any atom is -0.342 e. The van der Waals surface area contributed by atoms with Gasteiger partial charge in [0, 0.05) is 11.2 Å². The van der Waals surface area contributed by atoms with E-state index in [1.807, 2.05) is 0 Å². The minimum atomic E-state index is -0.442. The number of hydrazone groups is 1. The molecular weight excluding hydrogens is 304 g/mol. The second-order valence-corrected chi connectivity index (χ2v) is 4.68. The summed E-state index contributed by atoms with van der Waals surface area (Å²) in [6, 6.07) is 12.0. The molecule has 22 heavy (non-hydrogen) atoms. The van der Waals surface area contributed by atoms with E-state index in [0.29, 0.717) is 5.02 Å². The standard InChI is InChI=1S/C15H13ClN4O2/c16-12-5-3-4-11(8-12)9-19-20-14(21)10-18-15(22)13-6-1-2-7-17-13/h1-9H,10H2,(H,18,22)(H,20,21)/b19-9-. The average Bonchev–Trinajstić information content (AvgIpc) is 2.53. The van der Waals surface area contributed by atoms with E-state index >= 15 is 0 Å². The molecule has 2 N–H and O–H groups in total. The van der Waals surface area contributed by atoms with Crippen molar-refractivity contribution in [2.24, 2.45) is 5.10 Å². The highest BCUT2D eigenvalue weighted by Crippen LogP contribution is 2.08. The Kier molecular flexibility index (Phi) is 5.62. The normalized spacial score (nSPS) is 10.4. The molecule has 7 heteroatoms. The van der Waals surface area contributed by atoms with Gasteiger partial charge in [-0.25, -0.2) is 5.43 Å². The van der Waals surface area contributed by atoms with Crippen LogP contribution in [-0.4, -0.2) is 29.6 Å². The van der Waals surface area contributed by atoms with Gasteiger partial charge in [0.05, 0.1) is 12.8 Å². The van der Waals surface area contributed by atoms with Crippen molar-refractivity contribution in [1.29, 1.82) is 0 Å². The van der Waals surface area contributed by atoms with E-state index < -0.39 is 11.8 Å². The largest absolute Gasteiger partial charge is 0.342 e. The maximum absolute atomic E-state index is 11.7. The third-order valence-corrected chi connectivity index (χ3v) is 2.79. The highest BCUT2D eigenvalue weighted by molar-refractivity contribution is 6.30. The van der Waals surface area contributed by atoms with E-state index in [-0.39, 0.29) is 12.2 Å². The van der Waals surface area contributed by atoms with E-state index in [1.165, 1.54) is 12.4 Å². The van der Waals surface area contributed by atoms with Crippen LogP contribution in [0.3, 0.4) is 0 Å². The van der Waals surface area contributed by atoms with Gasteiger partial charge in [-0.1, -0.05) is 29.8 Å². The fourth-order valence-corrected chi connectivity index (χ4v) is 1.75. The van der Waals surface area contributed by atoms with Gasteiger partial charge in [-0.05, 0) is 29.8 Å². The molecule has 0 saturated carbocycles. The number of benzene rings is 1. The van der Waals surface area contributed by atoms with Gasteiger partial charge in [-0.3, -0.25) is 14.6 Å². The van der Waals surface area contributed by atoms with Crippen LogP contribution < -0.4 is 10.7 Å². The van der Waals surface area contributed by atoms with E-state index in [0.717, 1.165) is 5.56 Å². The van der Waals surface area contributed by atoms with Crippen LogP contribution in [0.1, 0.15) is 16.1 Å². The molecule has 0 aliphatic carbocycles. The van der Waals surface area contributed by atoms with Crippen LogP contribution in [0.2, 0.25) is 5.02 Å². The maximum Gasteiger partial charge on any atom is 0.270 e. The molecule has 2 rings (SSSR count). The number of pyridine rings is 1. The number of carbonyl (C=O) groups is 2. The van der Waals surface area contributed by atoms with Crippen molar-refractivity contribution in [1.82, 2.24) is 15.7 Å². The number of hydrogen-bond acceptors (Lipinski definition) is 4. The van der Waals surface area contributed by atoms with Gasteiger partial charge in [0.25, 0.3) is 11.8 Å². The fourth-order valence-electron chi connectivity index (χ4n) is 1.55. The average molecular weight is 317 g/mol. The lowest BCUT2D eigenvalue weighted by Crippen LogP contribution is -2.35. The van der Waals surface area contributed by atoms with Crippen LogP contribution in [0.15, 0.2) is 53.8 Å². The second-order valence-electron chi connectivity index (χ2n) is 4.25. The van der Waals surface area contributed by atoms with Crippen LogP contribution in [0, 0.1) is 0 Å². The molecule has 2 aromatic rings. The highest BCUT2D eigenvalue weighted by Gasteiger charge is 2.07. The van der Waals surface area contributed by atoms with Crippen LogP contribution in [-0.2, 0) is 4.79 Å². The number of rotatable bonds is 5. The van der Waals surface area contributed by atoms with E-state index in [4.69, 9.17) is 11.6 Å². The summed E-state index contributed by atoms with van der Waals surface area (Å²) in [7, 11) is 0. The maximum atomic E-state index is 11.7. The number of halogens is 1. The minimum absolute atomic E-state index is 0.192. The Labute approximate surface area is 132 Å². The van der Waals surface area contributed by atoms with Crippen LogP contribution in [0.25, 0.3) is 0 Å². The Bertz CT molecular complexity index is 689. The van der Waals surface area contributed by atoms with Gasteiger partial charge in [-0.2, -0.15) is 5.10 Å². The first-order chi connectivity index (χ1) is 10.6. The first-order valence-corrected chi connectivity index (χ1v) is 6.79. The number of aromatic nitrogens is 1. The summed E-state index contributed by atoms with van der Waals surface area (Å²) in [5, 5.41) is 6.81. The molecule has 2 amide bonds. The van der Waals surface area contributed by atoms with Crippen molar-refractivity contribution in [3.8, 4) is 0 Å². The zero-order valence-corrected chi connectivity index (χ0v) is 12.2. The predicted molar refractivity (Wildman–Crippen MR) is 83.8 cm³/mol. The summed E-state index contributed by atoms with van der Waals surface area (Å²) in [5.41, 5.74) is 3.31. The predicted octanol–water partition coefficient (Wildman–Crippen LogP) is 1.62. The molecule has 0 atom stereocenters. The SMILES string of the molecule is O=C(CNC(=O)c1ccccn1)N/N=C\c1cccc(Cl)c1. The molecule has 0 radical (unpaired) electrons. The van der Waals surface area contributed by atoms with Crippen LogP contribution in [0.4, 0.5) is 0 Å². The van der Waals surface area contributed by atoms with Crippen molar-refractivity contribution in [2.75, 3.05) is 6.54 Å². The first-order valence-electron chi connectivity index (χ1n) is 6.42. The van der Waals surface area contributed by atoms with Crippen LogP contribution >= 0.6 is 11.6 Å². The van der Waals surface area contributed by atoms with E-state index in [9.17, 15) is 9.59 Å². The molecule has 0 bridgehead atoms. The third kappa shape index (κ3) is 4.99. The number of amides is 2. The summed E-state index contributed by atoms with van der Waals surface area (Å²) >= 11 is 5.83. The van der Waals surface area contributed by atoms with Gasteiger partial charge in [0.15, 0.2) is 0 Å². The van der Waals surface area contributed by atoms with Gasteiger partial charge in [0.1, 0.15) is 5.69 Å². The molecule has 1 heterocycles. The number of nitrogens with one attached hydrogen (secondary N) is 2. The summed E-state index contributed by atoms with van der Waals surface area (Å²) in [6.45, 7) is -0.192. The zero-order valence-electron chi connectivity index (χ0n) is 11.5. The highest BCUT2D eigenvalue weighted by atomic mass is 35.5. The lowest BCUT2D eigenvalue weighted by molar-refractivity contribution is -0.120. The molecule has 6 nitrogen and oxygen atoms in total. The molecule has 0 spiro atoms. The van der Waals surface area contributed by atoms with E-state index in [1.54, 1.807) is 42.5 Å². The lowest BCUT2D eigenvalue weighted by Gasteiger charge is -2.03. The van der Waals surface area contributed by atoms with Crippen molar-refractivity contribution in [3.63, 3.8) is 0 Å². The van der Waals surface area contributed by atoms with Gasteiger partial charge in [0.2, 0.25) is 0 Å². The molecule has 1 aromatic heterocycles. The molecule has 112 valence electrons. The fraction of sp³-hybridized carbons (Fsp3) is 0.0667. The lowest BCUT2D eigenvalue weighted by atomic mass is 10.2.